The van der Waals surface area contributed by atoms with Crippen LogP contribution in [0.5, 0.6) is 0 Å². The van der Waals surface area contributed by atoms with Crippen molar-refractivity contribution in [2.45, 2.75) is 51.4 Å². The van der Waals surface area contributed by atoms with Gasteiger partial charge in [-0.15, -0.1) is 4.99 Å². The van der Waals surface area contributed by atoms with Crippen molar-refractivity contribution >= 4 is 17.9 Å². The zero-order chi connectivity index (χ0) is 15.8. The number of guanidine groups is 1. The van der Waals surface area contributed by atoms with E-state index in [4.69, 9.17) is 26.9 Å². The third kappa shape index (κ3) is 24.8. The number of nitrogens with two attached hydrogens (primary N) is 2. The van der Waals surface area contributed by atoms with Crippen LogP contribution in [0.1, 0.15) is 51.4 Å². The van der Waals surface area contributed by atoms with E-state index in [1.165, 1.54) is 6.19 Å². The molecule has 6 N–H and O–H groups in total. The second-order valence-electron chi connectivity index (χ2n) is 4.05. The highest BCUT2D eigenvalue weighted by Crippen LogP contribution is 2.08. The molecule has 0 aliphatic carbocycles. The van der Waals surface area contributed by atoms with Gasteiger partial charge in [-0.25, -0.2) is 0 Å². The third-order valence-corrected chi connectivity index (χ3v) is 2.21. The van der Waals surface area contributed by atoms with Crippen molar-refractivity contribution in [3.05, 3.63) is 0 Å². The van der Waals surface area contributed by atoms with Gasteiger partial charge in [0.25, 0.3) is 0 Å². The lowest BCUT2D eigenvalue weighted by Crippen LogP contribution is -2.21. The number of carboxylic acid groups (broad SMARTS) is 2. The number of rotatable bonds is 9. The molecule has 0 heterocycles. The molecule has 0 fully saturated rings. The Morgan fingerprint density at radius 2 is 1.25 bits per heavy atom. The minimum Gasteiger partial charge on any atom is -0.481 e. The van der Waals surface area contributed by atoms with E-state index in [2.05, 4.69) is 4.99 Å². The van der Waals surface area contributed by atoms with E-state index in [1.54, 1.807) is 0 Å². The van der Waals surface area contributed by atoms with Crippen LogP contribution in [0, 0.1) is 11.5 Å². The summed E-state index contributed by atoms with van der Waals surface area (Å²) in [5.41, 5.74) is 9.42. The van der Waals surface area contributed by atoms with Gasteiger partial charge in [0, 0.05) is 12.8 Å². The lowest BCUT2D eigenvalue weighted by molar-refractivity contribution is -0.138. The van der Waals surface area contributed by atoms with Gasteiger partial charge in [0.1, 0.15) is 0 Å². The highest BCUT2D eigenvalue weighted by Gasteiger charge is 1.98. The van der Waals surface area contributed by atoms with E-state index < -0.39 is 11.9 Å². The molecule has 0 bridgehead atoms. The lowest BCUT2D eigenvalue weighted by Gasteiger charge is -1.98. The summed E-state index contributed by atoms with van der Waals surface area (Å²) in [5, 5.41) is 24.3. The number of carbonyl (C=O) groups is 2. The predicted molar refractivity (Wildman–Crippen MR) is 73.6 cm³/mol. The number of aliphatic imine (C=N–C) groups is 1. The number of unbranched alkanes of at least 4 members (excludes halogenated alkanes) is 5. The Balaban J connectivity index is 0. The smallest absolute Gasteiger partial charge is 0.303 e. The fraction of sp³-hybridized carbons (Fsp3) is 0.667. The Morgan fingerprint density at radius 1 is 0.900 bits per heavy atom. The molecule has 0 aromatic carbocycles. The van der Waals surface area contributed by atoms with E-state index in [-0.39, 0.29) is 18.8 Å². The van der Waals surface area contributed by atoms with Crippen LogP contribution < -0.4 is 11.5 Å². The second kappa shape index (κ2) is 14.8. The average molecular weight is 286 g/mol. The van der Waals surface area contributed by atoms with Crippen LogP contribution in [0.4, 0.5) is 0 Å². The first-order valence-electron chi connectivity index (χ1n) is 6.31. The van der Waals surface area contributed by atoms with Crippen LogP contribution in [-0.4, -0.2) is 28.1 Å². The molecule has 0 aromatic heterocycles. The monoisotopic (exact) mass is 286 g/mol. The van der Waals surface area contributed by atoms with Gasteiger partial charge in [-0.05, 0) is 12.8 Å². The molecule has 0 spiro atoms. The van der Waals surface area contributed by atoms with Gasteiger partial charge >= 0.3 is 11.9 Å². The number of hydrogen-bond donors (Lipinski definition) is 4. The van der Waals surface area contributed by atoms with Crippen LogP contribution in [0.15, 0.2) is 4.99 Å². The molecule has 114 valence electrons. The summed E-state index contributed by atoms with van der Waals surface area (Å²) in [6.45, 7) is 0. The predicted octanol–water partition coefficient (Wildman–Crippen LogP) is 1.02. The van der Waals surface area contributed by atoms with Gasteiger partial charge in [0.05, 0.1) is 0 Å². The van der Waals surface area contributed by atoms with E-state index in [0.717, 1.165) is 38.5 Å². The lowest BCUT2D eigenvalue weighted by atomic mass is 10.1. The van der Waals surface area contributed by atoms with Crippen molar-refractivity contribution in [2.24, 2.45) is 16.5 Å². The minimum atomic E-state index is -0.740. The Morgan fingerprint density at radius 3 is 1.45 bits per heavy atom. The fourth-order valence-corrected chi connectivity index (χ4v) is 1.32. The summed E-state index contributed by atoms with van der Waals surface area (Å²) >= 11 is 0. The molecular formula is C12H22N4O4. The number of aliphatic carboxylic acids is 2. The highest BCUT2D eigenvalue weighted by atomic mass is 16.4. The molecule has 0 aliphatic rings. The standard InChI is InChI=1S/C10H18O4.C2H4N4/c11-9(12)7-5-3-1-2-4-6-8-10(13)14;3-1-6-2(4)5/h1-8H2,(H,11,12)(H,13,14);(H4,4,5,6). The summed E-state index contributed by atoms with van der Waals surface area (Å²) in [5.74, 6) is -1.68. The van der Waals surface area contributed by atoms with Crippen LogP contribution in [0.3, 0.4) is 0 Å². The number of carboxylic acids is 2. The largest absolute Gasteiger partial charge is 0.481 e. The van der Waals surface area contributed by atoms with Gasteiger partial charge < -0.3 is 21.7 Å². The number of hydrogen-bond acceptors (Lipinski definition) is 4. The van der Waals surface area contributed by atoms with Gasteiger partial charge in [-0.3, -0.25) is 9.59 Å². The Kier molecular flexibility index (Phi) is 14.8. The molecule has 0 aliphatic heterocycles. The van der Waals surface area contributed by atoms with Gasteiger partial charge in [0.2, 0.25) is 12.2 Å². The van der Waals surface area contributed by atoms with E-state index in [0.29, 0.717) is 0 Å². The van der Waals surface area contributed by atoms with E-state index in [1.807, 2.05) is 0 Å². The highest BCUT2D eigenvalue weighted by molar-refractivity contribution is 5.76. The normalized spacial score (nSPS) is 8.75. The molecule has 0 atom stereocenters. The molecule has 0 amide bonds. The molecule has 0 unspecified atom stereocenters. The minimum absolute atomic E-state index is 0.197. The molecule has 20 heavy (non-hydrogen) atoms. The maximum Gasteiger partial charge on any atom is 0.303 e. The van der Waals surface area contributed by atoms with Crippen LogP contribution in [0.25, 0.3) is 0 Å². The van der Waals surface area contributed by atoms with Crippen molar-refractivity contribution in [2.75, 3.05) is 0 Å². The summed E-state index contributed by atoms with van der Waals surface area (Å²) in [6.07, 6.45) is 7.23. The SMILES string of the molecule is N#CN=C(N)N.O=C(O)CCCCCCCCC(=O)O. The van der Waals surface area contributed by atoms with Gasteiger partial charge in [-0.1, -0.05) is 25.7 Å². The maximum absolute atomic E-state index is 10.1. The zero-order valence-electron chi connectivity index (χ0n) is 11.4. The first-order chi connectivity index (χ1) is 9.40. The van der Waals surface area contributed by atoms with Crippen LogP contribution >= 0.6 is 0 Å². The molecule has 0 radical (unpaired) electrons. The fourth-order valence-electron chi connectivity index (χ4n) is 1.32. The summed E-state index contributed by atoms with van der Waals surface area (Å²) in [6, 6.07) is 0. The number of nitrogens with zero attached hydrogens (tertiary/aromatic N) is 2. The molecule has 8 heteroatoms. The third-order valence-electron chi connectivity index (χ3n) is 2.21. The zero-order valence-corrected chi connectivity index (χ0v) is 11.4. The Labute approximate surface area is 118 Å². The first-order valence-corrected chi connectivity index (χ1v) is 6.31. The van der Waals surface area contributed by atoms with Gasteiger partial charge in [0.15, 0.2) is 0 Å². The van der Waals surface area contributed by atoms with Crippen LogP contribution in [0.2, 0.25) is 0 Å². The summed E-state index contributed by atoms with van der Waals surface area (Å²) < 4.78 is 0. The Bertz CT molecular complexity index is 326. The van der Waals surface area contributed by atoms with Crippen LogP contribution in [-0.2, 0) is 9.59 Å². The molecule has 8 nitrogen and oxygen atoms in total. The maximum atomic E-state index is 10.1. The average Bonchev–Trinajstić information content (AvgIpc) is 2.32. The van der Waals surface area contributed by atoms with Crippen molar-refractivity contribution in [3.63, 3.8) is 0 Å². The van der Waals surface area contributed by atoms with E-state index in [9.17, 15) is 9.59 Å². The number of nitriles is 1. The topological polar surface area (TPSA) is 163 Å². The molecule has 0 rings (SSSR count). The second-order valence-corrected chi connectivity index (χ2v) is 4.05. The molecule has 0 aromatic rings. The molecular weight excluding hydrogens is 264 g/mol. The quantitative estimate of drug-likeness (QED) is 0.213. The molecule has 0 saturated carbocycles. The summed E-state index contributed by atoms with van der Waals surface area (Å²) in [7, 11) is 0. The van der Waals surface area contributed by atoms with Crippen molar-refractivity contribution < 1.29 is 19.8 Å². The van der Waals surface area contributed by atoms with Crippen molar-refractivity contribution in [1.29, 1.82) is 5.26 Å². The van der Waals surface area contributed by atoms with Crippen molar-refractivity contribution in [1.82, 2.24) is 0 Å². The Hall–Kier alpha value is -2.30. The van der Waals surface area contributed by atoms with E-state index >= 15 is 0 Å². The van der Waals surface area contributed by atoms with Gasteiger partial charge in [-0.2, -0.15) is 5.26 Å². The molecule has 0 saturated heterocycles. The summed E-state index contributed by atoms with van der Waals surface area (Å²) in [4.78, 5) is 23.2. The van der Waals surface area contributed by atoms with Crippen molar-refractivity contribution in [3.8, 4) is 6.19 Å². The first kappa shape index (κ1) is 20.0.